The Morgan fingerprint density at radius 3 is 0.283 bits per heavy atom. The fourth-order valence-electron chi connectivity index (χ4n) is 14.2. The van der Waals surface area contributed by atoms with Gasteiger partial charge in [0.25, 0.3) is 0 Å². The van der Waals surface area contributed by atoms with E-state index in [1.54, 1.807) is 0 Å². The molecule has 0 rings (SSSR count). The van der Waals surface area contributed by atoms with E-state index in [2.05, 4.69) is 27.7 Å². The zero-order valence-corrected chi connectivity index (χ0v) is 76.3. The van der Waals surface area contributed by atoms with Crippen molar-refractivity contribution in [3.63, 3.8) is 0 Å². The van der Waals surface area contributed by atoms with Gasteiger partial charge in [-0.1, -0.05) is 516 Å². The smallest absolute Gasteiger partial charge is 0.516 e. The summed E-state index contributed by atoms with van der Waals surface area (Å²) in [7, 11) is 0. The molecule has 0 fully saturated rings. The molecule has 0 atom stereocenters. The van der Waals surface area contributed by atoms with Crippen LogP contribution in [0.15, 0.2) is 0 Å². The number of hydrogen-bond donors (Lipinski definition) is 0. The van der Waals surface area contributed by atoms with Gasteiger partial charge in [-0.25, -0.2) is 0 Å². The van der Waals surface area contributed by atoms with Gasteiger partial charge in [-0.15, -0.1) is 0 Å². The molecule has 0 aliphatic carbocycles. The number of hydrogen-bond acceptors (Lipinski definition) is 8. The second-order valence-electron chi connectivity index (χ2n) is 31.1. The Hall–Kier alpha value is 2.72. The van der Waals surface area contributed by atoms with E-state index in [9.17, 15) is 0 Å². The Bertz CT molecular complexity index is 1190. The van der Waals surface area contributed by atoms with Crippen molar-refractivity contribution in [1.82, 2.24) is 0 Å². The second-order valence-corrected chi connectivity index (χ2v) is 41.1. The maximum Gasteiger partial charge on any atom is 2.00 e. The molecule has 0 amide bonds. The van der Waals surface area contributed by atoms with Gasteiger partial charge in [0.2, 0.25) is 0 Å². The first-order chi connectivity index (χ1) is 48.2. The normalized spacial score (nSPS) is 11.9. The van der Waals surface area contributed by atoms with Crippen molar-refractivity contribution in [3.8, 4) is 0 Å². The number of rotatable bonds is 88. The van der Waals surface area contributed by atoms with Crippen LogP contribution in [-0.4, -0.2) is 26.4 Å². The second kappa shape index (κ2) is 94.9. The predicted octanol–water partition coefficient (Wildman–Crippen LogP) is 34.9. The van der Waals surface area contributed by atoms with Gasteiger partial charge in [0, 0.05) is 12.2 Å². The summed E-state index contributed by atoms with van der Waals surface area (Å²) in [6, 6.07) is 0. The van der Waals surface area contributed by atoms with Crippen molar-refractivity contribution in [2.45, 2.75) is 541 Å². The molecule has 0 aromatic rings. The molecule has 11 heteroatoms. The van der Waals surface area contributed by atoms with E-state index in [1.165, 1.54) is 488 Å². The molecule has 0 aliphatic heterocycles. The third-order valence-electron chi connectivity index (χ3n) is 21.0. The minimum atomic E-state index is -2.47. The third kappa shape index (κ3) is 101. The van der Waals surface area contributed by atoms with Crippen molar-refractivity contribution in [3.05, 3.63) is 0 Å². The summed E-state index contributed by atoms with van der Waals surface area (Å²) in [5.74, 6) is 0. The molecule has 0 N–H and O–H groups in total. The molecular weight excluding hydrogens is 1380 g/mol. The Morgan fingerprint density at radius 2 is 0.202 bits per heavy atom. The zero-order chi connectivity index (χ0) is 71.2. The summed E-state index contributed by atoms with van der Waals surface area (Å²) in [6.45, 7) is 11.9. The summed E-state index contributed by atoms with van der Waals surface area (Å²) >= 11 is 21.9. The van der Waals surface area contributed by atoms with Crippen molar-refractivity contribution >= 4 is 61.2 Å². The minimum absolute atomic E-state index is 0. The van der Waals surface area contributed by atoms with Crippen LogP contribution in [0.3, 0.4) is 0 Å². The molecule has 0 spiro atoms. The molecule has 0 aliphatic rings. The Labute approximate surface area is 661 Å². The van der Waals surface area contributed by atoms with Crippen molar-refractivity contribution in [2.75, 3.05) is 26.4 Å². The minimum Gasteiger partial charge on any atom is -0.516 e. The first-order valence-electron chi connectivity index (χ1n) is 45.4. The monoisotopic (exact) mass is 1560 g/mol. The summed E-state index contributed by atoms with van der Waals surface area (Å²) < 4.78 is 23.3. The maximum absolute atomic E-state index is 5.83. The molecule has 0 saturated heterocycles. The van der Waals surface area contributed by atoms with Crippen molar-refractivity contribution < 1.29 is 37.6 Å². The predicted molar refractivity (Wildman–Crippen MR) is 459 cm³/mol. The van der Waals surface area contributed by atoms with Crippen LogP contribution in [0.2, 0.25) is 0 Å². The van der Waals surface area contributed by atoms with Gasteiger partial charge in [-0.2, -0.15) is 0 Å². The maximum atomic E-state index is 5.83. The quantitative estimate of drug-likeness (QED) is 0.0258. The molecule has 0 saturated carbocycles. The fourth-order valence-corrected chi connectivity index (χ4v) is 17.6. The molecule has 0 unspecified atom stereocenters. The van der Waals surface area contributed by atoms with E-state index >= 15 is 0 Å². The van der Waals surface area contributed by atoms with Gasteiger partial charge in [0.05, 0.1) is 26.4 Å². The molecule has 0 heterocycles. The topological polar surface area (TPSA) is 36.9 Å². The summed E-state index contributed by atoms with van der Waals surface area (Å²) in [5.41, 5.74) is 0. The fraction of sp³-hybridized carbons (Fsp3) is 1.00. The Morgan fingerprint density at radius 1 is 0.131 bits per heavy atom. The average molecular weight is 1560 g/mol. The van der Waals surface area contributed by atoms with E-state index in [4.69, 9.17) is 67.1 Å². The van der Waals surface area contributed by atoms with E-state index in [1.807, 2.05) is 0 Å². The van der Waals surface area contributed by atoms with Gasteiger partial charge < -0.3 is 49.0 Å². The Balaban J connectivity index is -0.00000184. The largest absolute Gasteiger partial charge is 2.00 e. The average Bonchev–Trinajstić information content (AvgIpc) is 1.78. The van der Waals surface area contributed by atoms with Gasteiger partial charge in [-0.3, -0.25) is 18.1 Å². The molecule has 0 bridgehead atoms. The van der Waals surface area contributed by atoms with E-state index in [0.29, 0.717) is 26.4 Å². The molecule has 0 aromatic heterocycles. The van der Waals surface area contributed by atoms with Crippen LogP contribution in [0.5, 0.6) is 0 Å². The SMILES string of the molecule is CCCCCCCCCCCCCCCCCCCCCCO[P+]([S-])([S-])OCCCCCCCCCCCCCCCCCCCCCC.CCCCCCCCCCCCCCCCCCCCCCO[P+]([S-])([S-])OCCCCCCCCCCCCCCCCCCCCCC.[Zn+2]. The van der Waals surface area contributed by atoms with Crippen LogP contribution in [0.25, 0.3) is 0 Å². The molecule has 592 valence electrons. The summed E-state index contributed by atoms with van der Waals surface area (Å²) in [5, 5.41) is 0. The molecular formula is C88H180O4P2S4Zn. The van der Waals surface area contributed by atoms with E-state index in [0.717, 1.165) is 25.7 Å². The van der Waals surface area contributed by atoms with E-state index in [-0.39, 0.29) is 19.5 Å². The summed E-state index contributed by atoms with van der Waals surface area (Å²) in [4.78, 5) is 0. The van der Waals surface area contributed by atoms with Crippen LogP contribution in [-0.2, 0) is 86.6 Å². The van der Waals surface area contributed by atoms with Crippen LogP contribution in [0, 0.1) is 0 Å². The van der Waals surface area contributed by atoms with Crippen LogP contribution >= 0.6 is 12.2 Å². The molecule has 99 heavy (non-hydrogen) atoms. The molecule has 0 aromatic carbocycles. The van der Waals surface area contributed by atoms with Gasteiger partial charge in [-0.05, 0) is 25.7 Å². The first-order valence-corrected chi connectivity index (χ1v) is 52.7. The zero-order valence-electron chi connectivity index (χ0n) is 68.3. The Kier molecular flexibility index (Phi) is 102. The van der Waals surface area contributed by atoms with Crippen molar-refractivity contribution in [1.29, 1.82) is 0 Å². The molecule has 4 nitrogen and oxygen atoms in total. The third-order valence-corrected chi connectivity index (χ3v) is 25.5. The van der Waals surface area contributed by atoms with Crippen LogP contribution in [0.4, 0.5) is 0 Å². The molecule has 0 radical (unpaired) electrons. The van der Waals surface area contributed by atoms with Crippen molar-refractivity contribution in [2.24, 2.45) is 0 Å². The van der Waals surface area contributed by atoms with Gasteiger partial charge in [0.1, 0.15) is 0 Å². The number of unbranched alkanes of at least 4 members (excludes halogenated alkanes) is 76. The van der Waals surface area contributed by atoms with Gasteiger partial charge >= 0.3 is 19.5 Å². The van der Waals surface area contributed by atoms with Crippen LogP contribution < -0.4 is 0 Å². The van der Waals surface area contributed by atoms with Crippen LogP contribution in [0.1, 0.15) is 541 Å². The first kappa shape index (κ1) is 106. The summed E-state index contributed by atoms with van der Waals surface area (Å²) in [6.07, 6.45) is 107. The standard InChI is InChI=1S/2C44H91O2PS2.Zn/c2*1-3-5-7-9-11-13-15-17-19-21-23-25-27-29-31-33-35-37-39-41-43-45-47(48,49)46-44-42-40-38-36-34-32-30-28-26-24-22-20-18-16-14-12-10-8-6-4-2;/h2*3-44H2,1-2H3,(H,48,49);/q;;+2/p-2. The van der Waals surface area contributed by atoms with Gasteiger partial charge in [0.15, 0.2) is 0 Å². The van der Waals surface area contributed by atoms with E-state index < -0.39 is 12.2 Å².